The van der Waals surface area contributed by atoms with Crippen molar-refractivity contribution in [1.82, 2.24) is 9.88 Å². The normalized spacial score (nSPS) is 13.6. The highest BCUT2D eigenvalue weighted by Gasteiger charge is 2.20. The average Bonchev–Trinajstić information content (AvgIpc) is 2.87. The van der Waals surface area contributed by atoms with Gasteiger partial charge >= 0.3 is 5.97 Å². The standard InChI is InChI=1S/C26H28N4O3/c31-25(32)12-15-30(20-21-4-2-1-3-5-21)26(33)22-6-8-23(9-7-22)28-16-18-29(19-17-28)24-10-13-27-14-11-24/h1-11,13-14H,12,15-20H2,(H,31,32). The number of carbonyl (C=O) groups is 2. The summed E-state index contributed by atoms with van der Waals surface area (Å²) in [5, 5.41) is 9.10. The number of aliphatic carboxylic acids is 1. The van der Waals surface area contributed by atoms with Gasteiger partial charge < -0.3 is 19.8 Å². The molecule has 7 nitrogen and oxygen atoms in total. The molecular weight excluding hydrogens is 416 g/mol. The van der Waals surface area contributed by atoms with E-state index >= 15 is 0 Å². The van der Waals surface area contributed by atoms with Crippen molar-refractivity contribution in [2.75, 3.05) is 42.5 Å². The lowest BCUT2D eigenvalue weighted by Gasteiger charge is -2.37. The predicted molar refractivity (Wildman–Crippen MR) is 129 cm³/mol. The van der Waals surface area contributed by atoms with Crippen molar-refractivity contribution in [2.45, 2.75) is 13.0 Å². The van der Waals surface area contributed by atoms with Gasteiger partial charge in [0, 0.05) is 68.6 Å². The van der Waals surface area contributed by atoms with Crippen molar-refractivity contribution in [3.8, 4) is 0 Å². The fourth-order valence-electron chi connectivity index (χ4n) is 4.06. The van der Waals surface area contributed by atoms with E-state index in [-0.39, 0.29) is 18.9 Å². The Hall–Kier alpha value is -3.87. The molecular formula is C26H28N4O3. The van der Waals surface area contributed by atoms with Crippen LogP contribution in [0.3, 0.4) is 0 Å². The van der Waals surface area contributed by atoms with Gasteiger partial charge in [-0.05, 0) is 42.0 Å². The van der Waals surface area contributed by atoms with Gasteiger partial charge in [0.05, 0.1) is 6.42 Å². The largest absolute Gasteiger partial charge is 0.481 e. The lowest BCUT2D eigenvalue weighted by atomic mass is 10.1. The first-order chi connectivity index (χ1) is 16.1. The number of aromatic nitrogens is 1. The number of benzene rings is 2. The molecule has 1 amide bonds. The molecule has 0 spiro atoms. The van der Waals surface area contributed by atoms with E-state index in [0.717, 1.165) is 37.4 Å². The Morgan fingerprint density at radius 1 is 0.818 bits per heavy atom. The molecule has 4 rings (SSSR count). The maximum Gasteiger partial charge on any atom is 0.305 e. The van der Waals surface area contributed by atoms with E-state index in [1.54, 1.807) is 4.90 Å². The minimum Gasteiger partial charge on any atom is -0.481 e. The van der Waals surface area contributed by atoms with E-state index in [4.69, 9.17) is 5.11 Å². The van der Waals surface area contributed by atoms with Crippen molar-refractivity contribution < 1.29 is 14.7 Å². The summed E-state index contributed by atoms with van der Waals surface area (Å²) >= 11 is 0. The summed E-state index contributed by atoms with van der Waals surface area (Å²) < 4.78 is 0. The Balaban J connectivity index is 1.40. The van der Waals surface area contributed by atoms with Gasteiger partial charge in [0.25, 0.3) is 5.91 Å². The molecule has 7 heteroatoms. The number of nitrogens with zero attached hydrogens (tertiary/aromatic N) is 4. The summed E-state index contributed by atoms with van der Waals surface area (Å²) in [6, 6.07) is 21.3. The van der Waals surface area contributed by atoms with Gasteiger partial charge in [-0.25, -0.2) is 0 Å². The highest BCUT2D eigenvalue weighted by Crippen LogP contribution is 2.21. The molecule has 170 valence electrons. The lowest BCUT2D eigenvalue weighted by Crippen LogP contribution is -2.46. The average molecular weight is 445 g/mol. The van der Waals surface area contributed by atoms with Crippen LogP contribution < -0.4 is 9.80 Å². The second-order valence-corrected chi connectivity index (χ2v) is 8.08. The van der Waals surface area contributed by atoms with Crippen LogP contribution >= 0.6 is 0 Å². The molecule has 33 heavy (non-hydrogen) atoms. The fourth-order valence-corrected chi connectivity index (χ4v) is 4.06. The van der Waals surface area contributed by atoms with Crippen LogP contribution in [0.25, 0.3) is 0 Å². The lowest BCUT2D eigenvalue weighted by molar-refractivity contribution is -0.137. The molecule has 1 aromatic heterocycles. The highest BCUT2D eigenvalue weighted by molar-refractivity contribution is 5.94. The molecule has 2 heterocycles. The van der Waals surface area contributed by atoms with E-state index in [1.165, 1.54) is 5.69 Å². The number of pyridine rings is 1. The third kappa shape index (κ3) is 5.88. The molecule has 2 aromatic carbocycles. The smallest absolute Gasteiger partial charge is 0.305 e. The first-order valence-corrected chi connectivity index (χ1v) is 11.1. The molecule has 0 atom stereocenters. The van der Waals surface area contributed by atoms with Crippen LogP contribution in [0.15, 0.2) is 79.1 Å². The molecule has 0 bridgehead atoms. The van der Waals surface area contributed by atoms with Gasteiger partial charge in [-0.1, -0.05) is 30.3 Å². The molecule has 1 aliphatic heterocycles. The zero-order valence-corrected chi connectivity index (χ0v) is 18.5. The minimum atomic E-state index is -0.915. The molecule has 1 aliphatic rings. The number of carboxylic acid groups (broad SMARTS) is 1. The molecule has 0 unspecified atom stereocenters. The Labute approximate surface area is 193 Å². The maximum absolute atomic E-state index is 13.2. The van der Waals surface area contributed by atoms with Crippen molar-refractivity contribution in [3.05, 3.63) is 90.3 Å². The quantitative estimate of drug-likeness (QED) is 0.573. The number of piperazine rings is 1. The first kappa shape index (κ1) is 22.3. The summed E-state index contributed by atoms with van der Waals surface area (Å²) in [6.45, 7) is 4.19. The Kier molecular flexibility index (Phi) is 7.19. The van der Waals surface area contributed by atoms with E-state index < -0.39 is 5.97 Å². The van der Waals surface area contributed by atoms with E-state index in [2.05, 4.69) is 14.8 Å². The monoisotopic (exact) mass is 444 g/mol. The molecule has 0 radical (unpaired) electrons. The molecule has 3 aromatic rings. The van der Waals surface area contributed by atoms with Crippen LogP contribution in [-0.4, -0.2) is 59.6 Å². The number of hydrogen-bond acceptors (Lipinski definition) is 5. The van der Waals surface area contributed by atoms with Crippen molar-refractivity contribution in [1.29, 1.82) is 0 Å². The third-order valence-electron chi connectivity index (χ3n) is 5.89. The van der Waals surface area contributed by atoms with Crippen LogP contribution in [-0.2, 0) is 11.3 Å². The van der Waals surface area contributed by atoms with Gasteiger partial charge in [-0.15, -0.1) is 0 Å². The second-order valence-electron chi connectivity index (χ2n) is 8.08. The summed E-state index contributed by atoms with van der Waals surface area (Å²) in [5.41, 5.74) is 3.81. The predicted octanol–water partition coefficient (Wildman–Crippen LogP) is 3.53. The maximum atomic E-state index is 13.2. The van der Waals surface area contributed by atoms with Gasteiger partial charge in [-0.2, -0.15) is 0 Å². The Morgan fingerprint density at radius 3 is 1.97 bits per heavy atom. The number of carboxylic acids is 1. The van der Waals surface area contributed by atoms with Crippen molar-refractivity contribution in [2.24, 2.45) is 0 Å². The molecule has 0 saturated carbocycles. The fraction of sp³-hybridized carbons (Fsp3) is 0.269. The highest BCUT2D eigenvalue weighted by atomic mass is 16.4. The van der Waals surface area contributed by atoms with Crippen LogP contribution in [0.5, 0.6) is 0 Å². The number of rotatable bonds is 8. The summed E-state index contributed by atoms with van der Waals surface area (Å²) in [4.78, 5) is 34.6. The molecule has 1 N–H and O–H groups in total. The van der Waals surface area contributed by atoms with Gasteiger partial charge in [-0.3, -0.25) is 14.6 Å². The third-order valence-corrected chi connectivity index (χ3v) is 5.89. The zero-order valence-electron chi connectivity index (χ0n) is 18.5. The Morgan fingerprint density at radius 2 is 1.39 bits per heavy atom. The van der Waals surface area contributed by atoms with Crippen LogP contribution in [0.2, 0.25) is 0 Å². The molecule has 1 fully saturated rings. The SMILES string of the molecule is O=C(O)CCN(Cc1ccccc1)C(=O)c1ccc(N2CCN(c3ccncc3)CC2)cc1. The van der Waals surface area contributed by atoms with E-state index in [1.807, 2.05) is 79.1 Å². The summed E-state index contributed by atoms with van der Waals surface area (Å²) in [5.74, 6) is -1.07. The number of carbonyl (C=O) groups excluding carboxylic acids is 1. The summed E-state index contributed by atoms with van der Waals surface area (Å²) in [7, 11) is 0. The van der Waals surface area contributed by atoms with Crippen LogP contribution in [0.4, 0.5) is 11.4 Å². The van der Waals surface area contributed by atoms with E-state index in [0.29, 0.717) is 12.1 Å². The molecule has 1 saturated heterocycles. The topological polar surface area (TPSA) is 77.0 Å². The van der Waals surface area contributed by atoms with Gasteiger partial charge in [0.15, 0.2) is 0 Å². The Bertz CT molecular complexity index is 1050. The van der Waals surface area contributed by atoms with Crippen molar-refractivity contribution >= 4 is 23.3 Å². The zero-order chi connectivity index (χ0) is 23.0. The number of anilines is 2. The molecule has 0 aliphatic carbocycles. The van der Waals surface area contributed by atoms with Crippen LogP contribution in [0.1, 0.15) is 22.3 Å². The number of hydrogen-bond donors (Lipinski definition) is 1. The van der Waals surface area contributed by atoms with Gasteiger partial charge in [0.1, 0.15) is 0 Å². The summed E-state index contributed by atoms with van der Waals surface area (Å²) in [6.07, 6.45) is 3.54. The number of amides is 1. The minimum absolute atomic E-state index is 0.0849. The van der Waals surface area contributed by atoms with E-state index in [9.17, 15) is 9.59 Å². The van der Waals surface area contributed by atoms with Crippen molar-refractivity contribution in [3.63, 3.8) is 0 Å². The van der Waals surface area contributed by atoms with Gasteiger partial charge in [0.2, 0.25) is 0 Å². The second kappa shape index (κ2) is 10.6. The first-order valence-electron chi connectivity index (χ1n) is 11.1. The van der Waals surface area contributed by atoms with Crippen LogP contribution in [0, 0.1) is 0 Å².